The van der Waals surface area contributed by atoms with Crippen molar-refractivity contribution in [2.24, 2.45) is 5.92 Å². The summed E-state index contributed by atoms with van der Waals surface area (Å²) in [5.41, 5.74) is 1.56. The summed E-state index contributed by atoms with van der Waals surface area (Å²) in [6.07, 6.45) is 5.31. The summed E-state index contributed by atoms with van der Waals surface area (Å²) in [6, 6.07) is 7.58. The third-order valence-corrected chi connectivity index (χ3v) is 5.29. The van der Waals surface area contributed by atoms with Crippen molar-refractivity contribution in [1.82, 2.24) is 10.2 Å². The zero-order valence-corrected chi connectivity index (χ0v) is 13.2. The van der Waals surface area contributed by atoms with E-state index in [0.717, 1.165) is 19.6 Å². The lowest BCUT2D eigenvalue weighted by atomic mass is 9.88. The first-order chi connectivity index (χ1) is 10.1. The highest BCUT2D eigenvalue weighted by atomic mass is 19.1. The van der Waals surface area contributed by atoms with Gasteiger partial charge in [0, 0.05) is 31.2 Å². The van der Waals surface area contributed by atoms with Crippen LogP contribution >= 0.6 is 0 Å². The molecular formula is C18H27FN2. The van der Waals surface area contributed by atoms with Gasteiger partial charge >= 0.3 is 0 Å². The summed E-state index contributed by atoms with van der Waals surface area (Å²) in [7, 11) is 0. The molecule has 1 unspecified atom stereocenters. The zero-order valence-electron chi connectivity index (χ0n) is 13.2. The molecule has 1 heterocycles. The lowest BCUT2D eigenvalue weighted by Gasteiger charge is -2.48. The number of halogens is 1. The predicted molar refractivity (Wildman–Crippen MR) is 84.6 cm³/mol. The van der Waals surface area contributed by atoms with Gasteiger partial charge in [-0.3, -0.25) is 4.90 Å². The van der Waals surface area contributed by atoms with E-state index in [1.165, 1.54) is 31.2 Å². The van der Waals surface area contributed by atoms with Crippen molar-refractivity contribution in [2.45, 2.75) is 57.7 Å². The van der Waals surface area contributed by atoms with Crippen LogP contribution in [0.3, 0.4) is 0 Å². The summed E-state index contributed by atoms with van der Waals surface area (Å²) >= 11 is 0. The van der Waals surface area contributed by atoms with Gasteiger partial charge in [0.05, 0.1) is 0 Å². The number of nitrogens with one attached hydrogen (secondary N) is 1. The van der Waals surface area contributed by atoms with Crippen molar-refractivity contribution in [2.75, 3.05) is 13.1 Å². The van der Waals surface area contributed by atoms with Crippen LogP contribution in [0.4, 0.5) is 4.39 Å². The molecule has 0 radical (unpaired) electrons. The topological polar surface area (TPSA) is 15.3 Å². The summed E-state index contributed by atoms with van der Waals surface area (Å²) in [4.78, 5) is 2.62. The summed E-state index contributed by atoms with van der Waals surface area (Å²) in [5.74, 6) is 0.489. The number of nitrogens with zero attached hydrogens (tertiary/aromatic N) is 1. The quantitative estimate of drug-likeness (QED) is 0.915. The number of benzene rings is 1. The van der Waals surface area contributed by atoms with Crippen LogP contribution in [0.1, 0.15) is 45.1 Å². The molecule has 1 aliphatic carbocycles. The SMILES string of the molecule is CC(C)C1CNC2(CCCC2)CN1Cc1ccc(F)cc1. The molecule has 21 heavy (non-hydrogen) atoms. The van der Waals surface area contributed by atoms with Crippen molar-refractivity contribution in [1.29, 1.82) is 0 Å². The third-order valence-electron chi connectivity index (χ3n) is 5.29. The molecule has 0 amide bonds. The first-order valence-corrected chi connectivity index (χ1v) is 8.32. The summed E-state index contributed by atoms with van der Waals surface area (Å²) < 4.78 is 13.1. The Bertz CT molecular complexity index is 463. The van der Waals surface area contributed by atoms with Gasteiger partial charge in [0.1, 0.15) is 5.82 Å². The molecule has 3 heteroatoms. The van der Waals surface area contributed by atoms with Gasteiger partial charge in [-0.15, -0.1) is 0 Å². The smallest absolute Gasteiger partial charge is 0.123 e. The van der Waals surface area contributed by atoms with Gasteiger partial charge in [-0.05, 0) is 36.5 Å². The molecule has 1 spiro atoms. The number of rotatable bonds is 3. The first kappa shape index (κ1) is 15.0. The van der Waals surface area contributed by atoms with Gasteiger partial charge in [-0.2, -0.15) is 0 Å². The molecule has 3 rings (SSSR count). The van der Waals surface area contributed by atoms with E-state index in [0.29, 0.717) is 17.5 Å². The maximum absolute atomic E-state index is 13.1. The highest BCUT2D eigenvalue weighted by Crippen LogP contribution is 2.34. The van der Waals surface area contributed by atoms with Gasteiger partial charge in [-0.25, -0.2) is 4.39 Å². The van der Waals surface area contributed by atoms with Crippen LogP contribution < -0.4 is 5.32 Å². The van der Waals surface area contributed by atoms with Crippen LogP contribution in [-0.4, -0.2) is 29.6 Å². The lowest BCUT2D eigenvalue weighted by molar-refractivity contribution is 0.0507. The standard InChI is InChI=1S/C18H27FN2/c1-14(2)17-11-20-18(9-3-4-10-18)13-21(17)12-15-5-7-16(19)8-6-15/h5-8,14,17,20H,3-4,9-13H2,1-2H3. The second-order valence-corrected chi connectivity index (χ2v) is 7.21. The summed E-state index contributed by atoms with van der Waals surface area (Å²) in [5, 5.41) is 3.85. The van der Waals surface area contributed by atoms with E-state index in [1.807, 2.05) is 12.1 Å². The number of hydrogen-bond donors (Lipinski definition) is 1. The molecule has 1 aliphatic heterocycles. The van der Waals surface area contributed by atoms with Crippen LogP contribution in [0, 0.1) is 11.7 Å². The van der Waals surface area contributed by atoms with Crippen LogP contribution in [0.15, 0.2) is 24.3 Å². The Hall–Kier alpha value is -0.930. The Balaban J connectivity index is 1.75. The van der Waals surface area contributed by atoms with E-state index in [1.54, 1.807) is 12.1 Å². The summed E-state index contributed by atoms with van der Waals surface area (Å²) in [6.45, 7) is 7.76. The molecule has 0 bridgehead atoms. The highest BCUT2D eigenvalue weighted by Gasteiger charge is 2.41. The minimum atomic E-state index is -0.147. The lowest BCUT2D eigenvalue weighted by Crippen LogP contribution is -2.63. The Morgan fingerprint density at radius 1 is 1.24 bits per heavy atom. The fourth-order valence-electron chi connectivity index (χ4n) is 4.05. The molecule has 1 saturated carbocycles. The third kappa shape index (κ3) is 3.29. The molecule has 0 aromatic heterocycles. The van der Waals surface area contributed by atoms with Crippen molar-refractivity contribution in [3.05, 3.63) is 35.6 Å². The largest absolute Gasteiger partial charge is 0.308 e. The van der Waals surface area contributed by atoms with Crippen LogP contribution in [0.5, 0.6) is 0 Å². The Kier molecular flexibility index (Phi) is 4.32. The average Bonchev–Trinajstić information content (AvgIpc) is 2.89. The van der Waals surface area contributed by atoms with Crippen LogP contribution in [0.25, 0.3) is 0 Å². The number of piperazine rings is 1. The number of hydrogen-bond acceptors (Lipinski definition) is 2. The first-order valence-electron chi connectivity index (χ1n) is 8.32. The van der Waals surface area contributed by atoms with Crippen molar-refractivity contribution < 1.29 is 4.39 Å². The van der Waals surface area contributed by atoms with Gasteiger partial charge in [0.25, 0.3) is 0 Å². The van der Waals surface area contributed by atoms with E-state index in [-0.39, 0.29) is 5.82 Å². The van der Waals surface area contributed by atoms with Gasteiger partial charge < -0.3 is 5.32 Å². The normalized spacial score (nSPS) is 25.8. The average molecular weight is 290 g/mol. The molecule has 1 saturated heterocycles. The Morgan fingerprint density at radius 3 is 2.52 bits per heavy atom. The van der Waals surface area contributed by atoms with Crippen molar-refractivity contribution >= 4 is 0 Å². The Labute approximate surface area is 127 Å². The molecule has 2 fully saturated rings. The van der Waals surface area contributed by atoms with E-state index in [2.05, 4.69) is 24.1 Å². The second kappa shape index (κ2) is 6.05. The fraction of sp³-hybridized carbons (Fsp3) is 0.667. The van der Waals surface area contributed by atoms with Crippen molar-refractivity contribution in [3.8, 4) is 0 Å². The van der Waals surface area contributed by atoms with E-state index >= 15 is 0 Å². The molecule has 1 N–H and O–H groups in total. The monoisotopic (exact) mass is 290 g/mol. The molecular weight excluding hydrogens is 263 g/mol. The van der Waals surface area contributed by atoms with Gasteiger partial charge in [0.15, 0.2) is 0 Å². The molecule has 2 nitrogen and oxygen atoms in total. The highest BCUT2D eigenvalue weighted by molar-refractivity contribution is 5.17. The van der Waals surface area contributed by atoms with E-state index < -0.39 is 0 Å². The van der Waals surface area contributed by atoms with Crippen LogP contribution in [-0.2, 0) is 6.54 Å². The molecule has 116 valence electrons. The van der Waals surface area contributed by atoms with Gasteiger partial charge in [0.2, 0.25) is 0 Å². The Morgan fingerprint density at radius 2 is 1.90 bits per heavy atom. The van der Waals surface area contributed by atoms with E-state index in [4.69, 9.17) is 0 Å². The minimum Gasteiger partial charge on any atom is -0.308 e. The second-order valence-electron chi connectivity index (χ2n) is 7.21. The zero-order chi connectivity index (χ0) is 14.9. The molecule has 1 aromatic rings. The molecule has 1 atom stereocenters. The maximum atomic E-state index is 13.1. The predicted octanol–water partition coefficient (Wildman–Crippen LogP) is 3.57. The van der Waals surface area contributed by atoms with Crippen LogP contribution in [0.2, 0.25) is 0 Å². The minimum absolute atomic E-state index is 0.147. The fourth-order valence-corrected chi connectivity index (χ4v) is 4.05. The van der Waals surface area contributed by atoms with Crippen molar-refractivity contribution in [3.63, 3.8) is 0 Å². The maximum Gasteiger partial charge on any atom is 0.123 e. The molecule has 2 aliphatic rings. The van der Waals surface area contributed by atoms with E-state index in [9.17, 15) is 4.39 Å². The van der Waals surface area contributed by atoms with Gasteiger partial charge in [-0.1, -0.05) is 38.8 Å². The molecule has 1 aromatic carbocycles.